The Morgan fingerprint density at radius 2 is 1.92 bits per heavy atom. The standard InChI is InChI=1S/C9H16N2O/c1-6-7(2)12-8(11-6)9(3,4)10-5/h10H,1-5H3. The van der Waals surface area contributed by atoms with Crippen molar-refractivity contribution in [3.63, 3.8) is 0 Å². The van der Waals surface area contributed by atoms with Crippen molar-refractivity contribution in [3.05, 3.63) is 17.3 Å². The normalized spacial score (nSPS) is 12.1. The smallest absolute Gasteiger partial charge is 0.214 e. The molecule has 0 amide bonds. The van der Waals surface area contributed by atoms with Crippen LogP contribution in [-0.2, 0) is 5.54 Å². The lowest BCUT2D eigenvalue weighted by molar-refractivity contribution is 0.320. The quantitative estimate of drug-likeness (QED) is 0.731. The Kier molecular flexibility index (Phi) is 2.24. The molecule has 1 N–H and O–H groups in total. The molecule has 3 nitrogen and oxygen atoms in total. The Balaban J connectivity index is 3.04. The average Bonchev–Trinajstić information content (AvgIpc) is 2.33. The van der Waals surface area contributed by atoms with Crippen molar-refractivity contribution in [1.82, 2.24) is 10.3 Å². The van der Waals surface area contributed by atoms with Gasteiger partial charge in [0.25, 0.3) is 0 Å². The van der Waals surface area contributed by atoms with E-state index in [9.17, 15) is 0 Å². The first kappa shape index (κ1) is 9.26. The van der Waals surface area contributed by atoms with Crippen molar-refractivity contribution in [3.8, 4) is 0 Å². The van der Waals surface area contributed by atoms with Gasteiger partial charge in [-0.05, 0) is 34.7 Å². The molecular weight excluding hydrogens is 152 g/mol. The zero-order chi connectivity index (χ0) is 9.35. The maximum atomic E-state index is 5.50. The van der Waals surface area contributed by atoms with Crippen LogP contribution in [0.25, 0.3) is 0 Å². The molecule has 0 saturated heterocycles. The molecule has 1 aromatic rings. The zero-order valence-electron chi connectivity index (χ0n) is 8.36. The summed E-state index contributed by atoms with van der Waals surface area (Å²) >= 11 is 0. The Labute approximate surface area is 73.2 Å². The van der Waals surface area contributed by atoms with E-state index >= 15 is 0 Å². The molecule has 1 aromatic heterocycles. The Bertz CT molecular complexity index is 257. The van der Waals surface area contributed by atoms with E-state index in [2.05, 4.69) is 10.3 Å². The molecule has 0 bridgehead atoms. The van der Waals surface area contributed by atoms with Gasteiger partial charge >= 0.3 is 0 Å². The van der Waals surface area contributed by atoms with Crippen molar-refractivity contribution >= 4 is 0 Å². The fourth-order valence-corrected chi connectivity index (χ4v) is 0.847. The van der Waals surface area contributed by atoms with Gasteiger partial charge in [-0.2, -0.15) is 0 Å². The SMILES string of the molecule is CNC(C)(C)c1nc(C)c(C)o1. The molecule has 0 saturated carbocycles. The molecule has 0 unspecified atom stereocenters. The number of rotatable bonds is 2. The average molecular weight is 168 g/mol. The molecule has 68 valence electrons. The van der Waals surface area contributed by atoms with Crippen molar-refractivity contribution in [1.29, 1.82) is 0 Å². The number of oxazole rings is 1. The highest BCUT2D eigenvalue weighted by molar-refractivity contribution is 5.09. The fraction of sp³-hybridized carbons (Fsp3) is 0.667. The molecule has 0 spiro atoms. The summed E-state index contributed by atoms with van der Waals surface area (Å²) in [4.78, 5) is 4.32. The van der Waals surface area contributed by atoms with Gasteiger partial charge in [0.1, 0.15) is 5.76 Å². The first-order valence-electron chi connectivity index (χ1n) is 4.11. The molecule has 0 aromatic carbocycles. The fourth-order valence-electron chi connectivity index (χ4n) is 0.847. The van der Waals surface area contributed by atoms with Crippen LogP contribution in [0, 0.1) is 13.8 Å². The first-order valence-corrected chi connectivity index (χ1v) is 4.11. The molecule has 3 heteroatoms. The minimum Gasteiger partial charge on any atom is -0.444 e. The van der Waals surface area contributed by atoms with E-state index in [1.165, 1.54) is 0 Å². The Morgan fingerprint density at radius 3 is 2.25 bits per heavy atom. The van der Waals surface area contributed by atoms with Crippen LogP contribution in [0.5, 0.6) is 0 Å². The third-order valence-electron chi connectivity index (χ3n) is 2.19. The zero-order valence-corrected chi connectivity index (χ0v) is 8.36. The summed E-state index contributed by atoms with van der Waals surface area (Å²) in [6, 6.07) is 0. The van der Waals surface area contributed by atoms with Crippen LogP contribution >= 0.6 is 0 Å². The summed E-state index contributed by atoms with van der Waals surface area (Å²) in [5.74, 6) is 1.65. The molecule has 0 aliphatic rings. The molecule has 0 aliphatic heterocycles. The number of nitrogens with one attached hydrogen (secondary N) is 1. The lowest BCUT2D eigenvalue weighted by atomic mass is 10.1. The molecule has 1 rings (SSSR count). The third kappa shape index (κ3) is 1.50. The van der Waals surface area contributed by atoms with E-state index in [0.717, 1.165) is 17.3 Å². The molecular formula is C9H16N2O. The van der Waals surface area contributed by atoms with Gasteiger partial charge in [0, 0.05) is 0 Å². The second-order valence-electron chi connectivity index (χ2n) is 3.54. The molecule has 0 atom stereocenters. The van der Waals surface area contributed by atoms with Gasteiger partial charge in [-0.15, -0.1) is 0 Å². The van der Waals surface area contributed by atoms with E-state index in [1.54, 1.807) is 0 Å². The van der Waals surface area contributed by atoms with Crippen LogP contribution in [0.2, 0.25) is 0 Å². The van der Waals surface area contributed by atoms with Gasteiger partial charge in [-0.1, -0.05) is 0 Å². The highest BCUT2D eigenvalue weighted by Gasteiger charge is 2.24. The minimum absolute atomic E-state index is 0.182. The molecule has 0 aliphatic carbocycles. The summed E-state index contributed by atoms with van der Waals surface area (Å²) in [5.41, 5.74) is 0.785. The lowest BCUT2D eigenvalue weighted by Crippen LogP contribution is -2.33. The van der Waals surface area contributed by atoms with Crippen molar-refractivity contribution in [2.24, 2.45) is 0 Å². The van der Waals surface area contributed by atoms with Gasteiger partial charge in [0.05, 0.1) is 11.2 Å². The summed E-state index contributed by atoms with van der Waals surface area (Å²) in [6.07, 6.45) is 0. The Morgan fingerprint density at radius 1 is 1.33 bits per heavy atom. The van der Waals surface area contributed by atoms with E-state index in [4.69, 9.17) is 4.42 Å². The minimum atomic E-state index is -0.182. The largest absolute Gasteiger partial charge is 0.444 e. The van der Waals surface area contributed by atoms with E-state index in [-0.39, 0.29) is 5.54 Å². The molecule has 0 fully saturated rings. The van der Waals surface area contributed by atoms with Crippen LogP contribution in [0.4, 0.5) is 0 Å². The summed E-state index contributed by atoms with van der Waals surface area (Å²) in [6.45, 7) is 7.96. The van der Waals surface area contributed by atoms with E-state index < -0.39 is 0 Å². The highest BCUT2D eigenvalue weighted by Crippen LogP contribution is 2.20. The number of aromatic nitrogens is 1. The van der Waals surface area contributed by atoms with Gasteiger partial charge in [0.2, 0.25) is 5.89 Å². The maximum Gasteiger partial charge on any atom is 0.214 e. The van der Waals surface area contributed by atoms with Gasteiger partial charge < -0.3 is 9.73 Å². The second kappa shape index (κ2) is 2.90. The summed E-state index contributed by atoms with van der Waals surface area (Å²) in [7, 11) is 1.90. The number of nitrogens with zero attached hydrogens (tertiary/aromatic N) is 1. The number of aryl methyl sites for hydroxylation is 2. The van der Waals surface area contributed by atoms with Gasteiger partial charge in [0.15, 0.2) is 0 Å². The second-order valence-corrected chi connectivity index (χ2v) is 3.54. The van der Waals surface area contributed by atoms with E-state index in [1.807, 2.05) is 34.7 Å². The first-order chi connectivity index (χ1) is 5.47. The number of hydrogen-bond acceptors (Lipinski definition) is 3. The molecule has 1 heterocycles. The lowest BCUT2D eigenvalue weighted by Gasteiger charge is -2.18. The van der Waals surface area contributed by atoms with Crippen LogP contribution in [-0.4, -0.2) is 12.0 Å². The van der Waals surface area contributed by atoms with Crippen molar-refractivity contribution < 1.29 is 4.42 Å². The van der Waals surface area contributed by atoms with Crippen LogP contribution < -0.4 is 5.32 Å². The third-order valence-corrected chi connectivity index (χ3v) is 2.19. The molecule has 12 heavy (non-hydrogen) atoms. The van der Waals surface area contributed by atoms with Crippen LogP contribution in [0.1, 0.15) is 31.2 Å². The van der Waals surface area contributed by atoms with Crippen molar-refractivity contribution in [2.75, 3.05) is 7.05 Å². The van der Waals surface area contributed by atoms with E-state index in [0.29, 0.717) is 0 Å². The number of hydrogen-bond donors (Lipinski definition) is 1. The monoisotopic (exact) mass is 168 g/mol. The van der Waals surface area contributed by atoms with Crippen LogP contribution in [0.15, 0.2) is 4.42 Å². The maximum absolute atomic E-state index is 5.50. The predicted molar refractivity (Wildman–Crippen MR) is 48.1 cm³/mol. The van der Waals surface area contributed by atoms with Crippen molar-refractivity contribution in [2.45, 2.75) is 33.2 Å². The summed E-state index contributed by atoms with van der Waals surface area (Å²) in [5, 5.41) is 3.14. The molecule has 0 radical (unpaired) electrons. The van der Waals surface area contributed by atoms with Gasteiger partial charge in [-0.25, -0.2) is 4.98 Å². The predicted octanol–water partition coefficient (Wildman–Crippen LogP) is 1.75. The topological polar surface area (TPSA) is 38.1 Å². The van der Waals surface area contributed by atoms with Gasteiger partial charge in [-0.3, -0.25) is 0 Å². The Hall–Kier alpha value is -0.830. The van der Waals surface area contributed by atoms with Crippen LogP contribution in [0.3, 0.4) is 0 Å². The highest BCUT2D eigenvalue weighted by atomic mass is 16.4. The summed E-state index contributed by atoms with van der Waals surface area (Å²) < 4.78 is 5.50.